The van der Waals surface area contributed by atoms with Crippen LogP contribution in [0.5, 0.6) is 0 Å². The van der Waals surface area contributed by atoms with Gasteiger partial charge in [0.1, 0.15) is 0 Å². The second-order valence-electron chi connectivity index (χ2n) is 4.44. The number of rotatable bonds is 1. The van der Waals surface area contributed by atoms with Crippen LogP contribution < -0.4 is 0 Å². The highest BCUT2D eigenvalue weighted by Crippen LogP contribution is 2.24. The van der Waals surface area contributed by atoms with Crippen molar-refractivity contribution in [3.8, 4) is 0 Å². The predicted molar refractivity (Wildman–Crippen MR) is 55.8 cm³/mol. The summed E-state index contributed by atoms with van der Waals surface area (Å²) in [4.78, 5) is 4.94. The summed E-state index contributed by atoms with van der Waals surface area (Å²) in [5.41, 5.74) is 1.66. The van der Waals surface area contributed by atoms with E-state index in [2.05, 4.69) is 30.0 Å². The van der Waals surface area contributed by atoms with Gasteiger partial charge in [-0.2, -0.15) is 0 Å². The van der Waals surface area contributed by atoms with E-state index in [-0.39, 0.29) is 0 Å². The Hall–Kier alpha value is -0.340. The molecule has 1 fully saturated rings. The fourth-order valence-electron chi connectivity index (χ4n) is 2.55. The molecule has 0 aromatic heterocycles. The molecule has 0 saturated carbocycles. The standard InChI is InChI=1S/C11H20N2/c1-12-7-3-5-10(9-12)11-6-4-8-13(11)2/h5,11H,3-4,6-9H2,1-2H3. The van der Waals surface area contributed by atoms with E-state index >= 15 is 0 Å². The minimum atomic E-state index is 0.753. The van der Waals surface area contributed by atoms with E-state index < -0.39 is 0 Å². The van der Waals surface area contributed by atoms with Crippen LogP contribution >= 0.6 is 0 Å². The molecule has 2 nitrogen and oxygen atoms in total. The van der Waals surface area contributed by atoms with Crippen molar-refractivity contribution in [2.24, 2.45) is 0 Å². The zero-order valence-electron chi connectivity index (χ0n) is 8.79. The Kier molecular flexibility index (Phi) is 2.70. The highest BCUT2D eigenvalue weighted by molar-refractivity contribution is 5.16. The van der Waals surface area contributed by atoms with Gasteiger partial charge in [0.15, 0.2) is 0 Å². The van der Waals surface area contributed by atoms with Crippen LogP contribution in [0.15, 0.2) is 11.6 Å². The predicted octanol–water partition coefficient (Wildman–Crippen LogP) is 1.34. The van der Waals surface area contributed by atoms with Crippen molar-refractivity contribution in [2.45, 2.75) is 25.3 Å². The van der Waals surface area contributed by atoms with Gasteiger partial charge < -0.3 is 4.90 Å². The highest BCUT2D eigenvalue weighted by atomic mass is 15.2. The summed E-state index contributed by atoms with van der Waals surface area (Å²) >= 11 is 0. The lowest BCUT2D eigenvalue weighted by atomic mass is 10.0. The minimum absolute atomic E-state index is 0.753. The number of likely N-dealkylation sites (tertiary alicyclic amines) is 1. The summed E-state index contributed by atoms with van der Waals surface area (Å²) in [6, 6.07) is 0.753. The van der Waals surface area contributed by atoms with Crippen LogP contribution in [-0.2, 0) is 0 Å². The number of hydrogen-bond donors (Lipinski definition) is 0. The molecule has 0 amide bonds. The quantitative estimate of drug-likeness (QED) is 0.562. The molecule has 74 valence electrons. The lowest BCUT2D eigenvalue weighted by Crippen LogP contribution is -2.35. The first-order chi connectivity index (χ1) is 6.27. The molecule has 1 atom stereocenters. The molecule has 2 aliphatic heterocycles. The topological polar surface area (TPSA) is 6.48 Å². The average Bonchev–Trinajstić information content (AvgIpc) is 2.51. The molecule has 1 saturated heterocycles. The zero-order valence-corrected chi connectivity index (χ0v) is 8.79. The minimum Gasteiger partial charge on any atom is -0.302 e. The number of hydrogen-bond acceptors (Lipinski definition) is 2. The summed E-state index contributed by atoms with van der Waals surface area (Å²) < 4.78 is 0. The van der Waals surface area contributed by atoms with Gasteiger partial charge >= 0.3 is 0 Å². The van der Waals surface area contributed by atoms with Gasteiger partial charge in [-0.05, 0) is 45.5 Å². The summed E-state index contributed by atoms with van der Waals surface area (Å²) in [5.74, 6) is 0. The third-order valence-corrected chi connectivity index (χ3v) is 3.32. The molecule has 0 bridgehead atoms. The van der Waals surface area contributed by atoms with Crippen molar-refractivity contribution >= 4 is 0 Å². The van der Waals surface area contributed by atoms with E-state index in [0.717, 1.165) is 6.04 Å². The normalized spacial score (nSPS) is 32.2. The van der Waals surface area contributed by atoms with Gasteiger partial charge in [-0.15, -0.1) is 0 Å². The molecule has 0 radical (unpaired) electrons. The molecule has 2 heteroatoms. The van der Waals surface area contributed by atoms with Gasteiger partial charge in [0.2, 0.25) is 0 Å². The summed E-state index contributed by atoms with van der Waals surface area (Å²) in [6.45, 7) is 3.71. The SMILES string of the molecule is CN1CCC=C(C2CCCN2C)C1. The average molecular weight is 180 g/mol. The first kappa shape index (κ1) is 9.22. The maximum absolute atomic E-state index is 2.50. The maximum atomic E-state index is 2.50. The second-order valence-corrected chi connectivity index (χ2v) is 4.44. The Labute approximate surface area is 81.2 Å². The molecular weight excluding hydrogens is 160 g/mol. The lowest BCUT2D eigenvalue weighted by Gasteiger charge is -2.29. The van der Waals surface area contributed by atoms with E-state index in [1.807, 2.05) is 0 Å². The van der Waals surface area contributed by atoms with Crippen molar-refractivity contribution < 1.29 is 0 Å². The molecule has 0 spiro atoms. The third kappa shape index (κ3) is 1.94. The van der Waals surface area contributed by atoms with Crippen molar-refractivity contribution in [2.75, 3.05) is 33.7 Å². The van der Waals surface area contributed by atoms with Crippen LogP contribution in [0.4, 0.5) is 0 Å². The van der Waals surface area contributed by atoms with E-state index in [9.17, 15) is 0 Å². The highest BCUT2D eigenvalue weighted by Gasteiger charge is 2.25. The van der Waals surface area contributed by atoms with E-state index in [0.29, 0.717) is 0 Å². The first-order valence-corrected chi connectivity index (χ1v) is 5.35. The molecule has 0 aromatic rings. The van der Waals surface area contributed by atoms with E-state index in [4.69, 9.17) is 0 Å². The Morgan fingerprint density at radius 3 is 2.77 bits per heavy atom. The van der Waals surface area contributed by atoms with Crippen LogP contribution in [0.2, 0.25) is 0 Å². The fraction of sp³-hybridized carbons (Fsp3) is 0.818. The van der Waals surface area contributed by atoms with Crippen molar-refractivity contribution in [3.05, 3.63) is 11.6 Å². The Morgan fingerprint density at radius 1 is 1.31 bits per heavy atom. The van der Waals surface area contributed by atoms with Crippen LogP contribution in [0.1, 0.15) is 19.3 Å². The molecule has 2 heterocycles. The van der Waals surface area contributed by atoms with Gasteiger partial charge in [0, 0.05) is 19.1 Å². The molecule has 2 rings (SSSR count). The Morgan fingerprint density at radius 2 is 2.15 bits per heavy atom. The summed E-state index contributed by atoms with van der Waals surface area (Å²) in [6.07, 6.45) is 6.46. The molecule has 0 aliphatic carbocycles. The summed E-state index contributed by atoms with van der Waals surface area (Å²) in [7, 11) is 4.48. The molecule has 1 unspecified atom stereocenters. The van der Waals surface area contributed by atoms with Gasteiger partial charge in [0.05, 0.1) is 0 Å². The molecule has 0 N–H and O–H groups in total. The van der Waals surface area contributed by atoms with E-state index in [1.54, 1.807) is 5.57 Å². The van der Waals surface area contributed by atoms with Crippen LogP contribution in [0.3, 0.4) is 0 Å². The molecule has 13 heavy (non-hydrogen) atoms. The first-order valence-electron chi connectivity index (χ1n) is 5.35. The Balaban J connectivity index is 2.03. The Bertz CT molecular complexity index is 210. The lowest BCUT2D eigenvalue weighted by molar-refractivity contribution is 0.293. The number of likely N-dealkylation sites (N-methyl/N-ethyl adjacent to an activating group) is 2. The molecule has 0 aromatic carbocycles. The third-order valence-electron chi connectivity index (χ3n) is 3.32. The zero-order chi connectivity index (χ0) is 9.26. The fourth-order valence-corrected chi connectivity index (χ4v) is 2.55. The van der Waals surface area contributed by atoms with Crippen LogP contribution in [0.25, 0.3) is 0 Å². The van der Waals surface area contributed by atoms with Gasteiger partial charge in [-0.25, -0.2) is 0 Å². The van der Waals surface area contributed by atoms with Crippen LogP contribution in [0, 0.1) is 0 Å². The molecular formula is C11H20N2. The van der Waals surface area contributed by atoms with Crippen molar-refractivity contribution in [3.63, 3.8) is 0 Å². The molecule has 2 aliphatic rings. The second kappa shape index (κ2) is 3.81. The monoisotopic (exact) mass is 180 g/mol. The smallest absolute Gasteiger partial charge is 0.0317 e. The summed E-state index contributed by atoms with van der Waals surface area (Å²) in [5, 5.41) is 0. The van der Waals surface area contributed by atoms with Gasteiger partial charge in [-0.1, -0.05) is 6.08 Å². The van der Waals surface area contributed by atoms with Crippen molar-refractivity contribution in [1.29, 1.82) is 0 Å². The maximum Gasteiger partial charge on any atom is 0.0317 e. The largest absolute Gasteiger partial charge is 0.302 e. The number of nitrogens with zero attached hydrogens (tertiary/aromatic N) is 2. The van der Waals surface area contributed by atoms with E-state index in [1.165, 1.54) is 38.9 Å². The van der Waals surface area contributed by atoms with Gasteiger partial charge in [0.25, 0.3) is 0 Å². The van der Waals surface area contributed by atoms with Crippen LogP contribution in [-0.4, -0.2) is 49.6 Å². The van der Waals surface area contributed by atoms with Crippen molar-refractivity contribution in [1.82, 2.24) is 9.80 Å². The van der Waals surface area contributed by atoms with Gasteiger partial charge in [-0.3, -0.25) is 4.90 Å².